The molecule has 0 spiro atoms. The minimum absolute atomic E-state index is 0.938. The first kappa shape index (κ1) is 29.0. The number of hydrogen-bond acceptors (Lipinski definition) is 2. The fourth-order valence-corrected chi connectivity index (χ4v) is 2.01. The Balaban J connectivity index is -0.000000323. The van der Waals surface area contributed by atoms with E-state index in [-0.39, 0.29) is 0 Å². The molecule has 152 valence electrons. The van der Waals surface area contributed by atoms with E-state index < -0.39 is 0 Å². The smallest absolute Gasteiger partial charge is 0.0466 e. The Hall–Kier alpha value is -0.800. The second-order valence-corrected chi connectivity index (χ2v) is 5.40. The molecule has 0 aliphatic heterocycles. The van der Waals surface area contributed by atoms with E-state index in [1.165, 1.54) is 38.5 Å². The molecular formula is C22H48N2O. The summed E-state index contributed by atoms with van der Waals surface area (Å²) >= 11 is 0. The van der Waals surface area contributed by atoms with E-state index in [2.05, 4.69) is 48.3 Å². The van der Waals surface area contributed by atoms with Gasteiger partial charge >= 0.3 is 0 Å². The van der Waals surface area contributed by atoms with Gasteiger partial charge in [0.15, 0.2) is 0 Å². The number of nitrogens with zero attached hydrogens (tertiary/aromatic N) is 1. The lowest BCUT2D eigenvalue weighted by Crippen LogP contribution is -2.10. The maximum absolute atomic E-state index is 5.36. The van der Waals surface area contributed by atoms with Gasteiger partial charge in [-0.1, -0.05) is 67.2 Å². The largest absolute Gasteiger partial charge is 0.381 e. The molecule has 1 rings (SSSR count). The molecule has 0 atom stereocenters. The highest BCUT2D eigenvalue weighted by molar-refractivity contribution is 4.89. The molecule has 0 aliphatic carbocycles. The molecule has 0 bridgehead atoms. The summed E-state index contributed by atoms with van der Waals surface area (Å²) in [6, 6.07) is 4.11. The average Bonchev–Trinajstić information content (AvgIpc) is 3.19. The lowest BCUT2D eigenvalue weighted by molar-refractivity contribution is 0.130. The zero-order valence-electron chi connectivity index (χ0n) is 18.4. The van der Waals surface area contributed by atoms with Crippen molar-refractivity contribution < 1.29 is 4.74 Å². The topological polar surface area (TPSA) is 26.2 Å². The normalized spacial score (nSPS) is 9.08. The van der Waals surface area contributed by atoms with Crippen LogP contribution in [0.15, 0.2) is 24.5 Å². The van der Waals surface area contributed by atoms with Gasteiger partial charge in [0, 0.05) is 32.2 Å². The second kappa shape index (κ2) is 31.0. The van der Waals surface area contributed by atoms with Crippen LogP contribution in [0.5, 0.6) is 0 Å². The van der Waals surface area contributed by atoms with Crippen molar-refractivity contribution in [3.8, 4) is 0 Å². The summed E-state index contributed by atoms with van der Waals surface area (Å²) in [7, 11) is 1.98. The van der Waals surface area contributed by atoms with Crippen molar-refractivity contribution >= 4 is 0 Å². The Morgan fingerprint density at radius 2 is 1.36 bits per heavy atom. The maximum Gasteiger partial charge on any atom is 0.0466 e. The van der Waals surface area contributed by atoms with Crippen molar-refractivity contribution in [2.45, 2.75) is 93.0 Å². The average molecular weight is 357 g/mol. The van der Waals surface area contributed by atoms with Gasteiger partial charge in [0.1, 0.15) is 0 Å². The lowest BCUT2D eigenvalue weighted by atomic mass is 10.2. The van der Waals surface area contributed by atoms with Crippen LogP contribution in [0.4, 0.5) is 0 Å². The van der Waals surface area contributed by atoms with E-state index in [0.29, 0.717) is 0 Å². The third-order valence-corrected chi connectivity index (χ3v) is 3.25. The summed E-state index contributed by atoms with van der Waals surface area (Å²) in [5.74, 6) is 0. The molecule has 0 saturated carbocycles. The third kappa shape index (κ3) is 28.3. The van der Waals surface area contributed by atoms with Crippen LogP contribution < -0.4 is 5.32 Å². The number of ether oxygens (including phenoxy) is 1. The molecule has 0 amide bonds. The van der Waals surface area contributed by atoms with Crippen molar-refractivity contribution in [3.63, 3.8) is 0 Å². The zero-order chi connectivity index (χ0) is 19.6. The van der Waals surface area contributed by atoms with Gasteiger partial charge in [-0.2, -0.15) is 0 Å². The highest BCUT2D eigenvalue weighted by atomic mass is 16.5. The number of aryl methyl sites for hydroxylation is 1. The van der Waals surface area contributed by atoms with Gasteiger partial charge in [-0.15, -0.1) is 0 Å². The van der Waals surface area contributed by atoms with Crippen molar-refractivity contribution in [2.75, 3.05) is 26.8 Å². The minimum Gasteiger partial charge on any atom is -0.381 e. The standard InChI is InChI=1S/C10H22O.C8H14N2.2C2H6/c1-3-5-6-7-8-10-11-9-4-2;1-9-5-4-8-10-6-2-3-7-10;2*1-2/h3-10H2,1-2H3;2-3,6-7,9H,4-5,8H2,1H3;2*1-2H3. The minimum atomic E-state index is 0.938. The number of unbranched alkanes of at least 4 members (excludes halogenated alkanes) is 4. The van der Waals surface area contributed by atoms with E-state index in [4.69, 9.17) is 4.74 Å². The van der Waals surface area contributed by atoms with Crippen LogP contribution in [0.2, 0.25) is 0 Å². The Kier molecular flexibility index (Phi) is 36.0. The van der Waals surface area contributed by atoms with Gasteiger partial charge in [-0.25, -0.2) is 0 Å². The quantitative estimate of drug-likeness (QED) is 0.431. The van der Waals surface area contributed by atoms with Crippen LogP contribution in [-0.4, -0.2) is 31.4 Å². The fraction of sp³-hybridized carbons (Fsp3) is 0.818. The molecule has 0 radical (unpaired) electrons. The summed E-state index contributed by atoms with van der Waals surface area (Å²) in [5, 5.41) is 3.12. The predicted octanol–water partition coefficient (Wildman–Crippen LogP) is 6.53. The zero-order valence-corrected chi connectivity index (χ0v) is 18.4. The van der Waals surface area contributed by atoms with Crippen molar-refractivity contribution in [1.82, 2.24) is 9.88 Å². The third-order valence-electron chi connectivity index (χ3n) is 3.25. The van der Waals surface area contributed by atoms with E-state index in [9.17, 15) is 0 Å². The van der Waals surface area contributed by atoms with Gasteiger partial charge in [0.05, 0.1) is 0 Å². The Morgan fingerprint density at radius 3 is 1.88 bits per heavy atom. The molecule has 0 aromatic carbocycles. The summed E-state index contributed by atoms with van der Waals surface area (Å²) < 4.78 is 7.55. The molecule has 1 N–H and O–H groups in total. The molecule has 1 heterocycles. The molecule has 0 unspecified atom stereocenters. The highest BCUT2D eigenvalue weighted by Gasteiger charge is 1.88. The summed E-state index contributed by atoms with van der Waals surface area (Å²) in [4.78, 5) is 0. The van der Waals surface area contributed by atoms with E-state index in [1.54, 1.807) is 0 Å². The van der Waals surface area contributed by atoms with Gasteiger partial charge in [0.25, 0.3) is 0 Å². The first-order chi connectivity index (χ1) is 12.3. The molecule has 0 saturated heterocycles. The molecule has 0 fully saturated rings. The van der Waals surface area contributed by atoms with Crippen LogP contribution in [0.25, 0.3) is 0 Å². The van der Waals surface area contributed by atoms with Crippen LogP contribution in [0.3, 0.4) is 0 Å². The number of hydrogen-bond donors (Lipinski definition) is 1. The summed E-state index contributed by atoms with van der Waals surface area (Å²) in [6.07, 6.45) is 13.2. The lowest BCUT2D eigenvalue weighted by Gasteiger charge is -2.01. The molecule has 1 aromatic heterocycles. The predicted molar refractivity (Wildman–Crippen MR) is 116 cm³/mol. The summed E-state index contributed by atoms with van der Waals surface area (Å²) in [6.45, 7) is 16.5. The SMILES string of the molecule is CC.CC.CCCCCCCOCCC.CNCCCn1cccc1. The molecule has 25 heavy (non-hydrogen) atoms. The number of rotatable bonds is 12. The molecular weight excluding hydrogens is 308 g/mol. The molecule has 1 aromatic rings. The molecule has 0 aliphatic rings. The van der Waals surface area contributed by atoms with Crippen LogP contribution in [-0.2, 0) is 11.3 Å². The van der Waals surface area contributed by atoms with Crippen LogP contribution in [0.1, 0.15) is 86.5 Å². The van der Waals surface area contributed by atoms with E-state index in [1.807, 2.05) is 34.7 Å². The number of aromatic nitrogens is 1. The first-order valence-corrected chi connectivity index (χ1v) is 10.7. The van der Waals surface area contributed by atoms with E-state index in [0.717, 1.165) is 32.7 Å². The van der Waals surface area contributed by atoms with Crippen molar-refractivity contribution in [3.05, 3.63) is 24.5 Å². The van der Waals surface area contributed by atoms with Gasteiger partial charge < -0.3 is 14.6 Å². The van der Waals surface area contributed by atoms with Gasteiger partial charge in [-0.05, 0) is 45.0 Å². The van der Waals surface area contributed by atoms with Gasteiger partial charge in [-0.3, -0.25) is 0 Å². The monoisotopic (exact) mass is 356 g/mol. The van der Waals surface area contributed by atoms with Crippen molar-refractivity contribution in [2.24, 2.45) is 0 Å². The fourth-order valence-electron chi connectivity index (χ4n) is 2.01. The maximum atomic E-state index is 5.36. The number of nitrogens with one attached hydrogen (secondary N) is 1. The highest BCUT2D eigenvalue weighted by Crippen LogP contribution is 2.02. The van der Waals surface area contributed by atoms with Crippen LogP contribution >= 0.6 is 0 Å². The van der Waals surface area contributed by atoms with Crippen molar-refractivity contribution in [1.29, 1.82) is 0 Å². The second-order valence-electron chi connectivity index (χ2n) is 5.40. The first-order valence-electron chi connectivity index (χ1n) is 10.7. The Labute approximate surface area is 159 Å². The van der Waals surface area contributed by atoms with Gasteiger partial charge in [0.2, 0.25) is 0 Å². The van der Waals surface area contributed by atoms with E-state index >= 15 is 0 Å². The molecule has 3 heteroatoms. The molecule has 3 nitrogen and oxygen atoms in total. The van der Waals surface area contributed by atoms with Crippen LogP contribution in [0, 0.1) is 0 Å². The Morgan fingerprint density at radius 1 is 0.760 bits per heavy atom. The Bertz CT molecular complexity index is 266. The summed E-state index contributed by atoms with van der Waals surface area (Å²) in [5.41, 5.74) is 0.